The van der Waals surface area contributed by atoms with Gasteiger partial charge in [0, 0.05) is 22.3 Å². The van der Waals surface area contributed by atoms with Crippen LogP contribution in [0.2, 0.25) is 0 Å². The van der Waals surface area contributed by atoms with Crippen LogP contribution in [0.5, 0.6) is 0 Å². The summed E-state index contributed by atoms with van der Waals surface area (Å²) in [4.78, 5) is 26.6. The number of hydrogen-bond acceptors (Lipinski definition) is 3. The molecule has 0 aliphatic rings. The Hall–Kier alpha value is -4.09. The number of thioether (sulfide) groups is 1. The van der Waals surface area contributed by atoms with E-state index in [1.807, 2.05) is 111 Å². The summed E-state index contributed by atoms with van der Waals surface area (Å²) in [5.74, 6) is -0.282. The summed E-state index contributed by atoms with van der Waals surface area (Å²) in [6, 6.07) is 33.0. The molecule has 0 saturated carbocycles. The van der Waals surface area contributed by atoms with E-state index in [0.717, 1.165) is 32.8 Å². The van der Waals surface area contributed by atoms with E-state index in [9.17, 15) is 9.59 Å². The molecule has 0 saturated heterocycles. The first-order chi connectivity index (χ1) is 17.5. The highest BCUT2D eigenvalue weighted by Crippen LogP contribution is 2.37. The topological polar surface area (TPSA) is 58.2 Å². The lowest BCUT2D eigenvalue weighted by Gasteiger charge is -2.18. The zero-order chi connectivity index (χ0) is 25.3. The van der Waals surface area contributed by atoms with Gasteiger partial charge < -0.3 is 10.6 Å². The fraction of sp³-hybridized carbons (Fsp3) is 0.0968. The SMILES string of the molecule is Cc1ccc(NC(=O)C(Sc2ccc(NC(=O)/C=C/c3ccccc3)cc2)c2ccccc2)c(C)c1. The number of hydrogen-bond donors (Lipinski definition) is 2. The Morgan fingerprint density at radius 3 is 2.11 bits per heavy atom. The second kappa shape index (κ2) is 12.0. The lowest BCUT2D eigenvalue weighted by atomic mass is 10.1. The molecule has 1 unspecified atom stereocenters. The van der Waals surface area contributed by atoms with Crippen LogP contribution in [-0.2, 0) is 9.59 Å². The van der Waals surface area contributed by atoms with Crippen LogP contribution in [-0.4, -0.2) is 11.8 Å². The van der Waals surface area contributed by atoms with Gasteiger partial charge in [0.1, 0.15) is 5.25 Å². The summed E-state index contributed by atoms with van der Waals surface area (Å²) in [5, 5.41) is 5.54. The average molecular weight is 493 g/mol. The standard InChI is InChI=1S/C31H28N2O2S/c1-22-13-19-28(23(2)21-22)33-31(35)30(25-11-7-4-8-12-25)36-27-17-15-26(16-18-27)32-29(34)20-14-24-9-5-3-6-10-24/h3-21,30H,1-2H3,(H,32,34)(H,33,35)/b20-14+. The van der Waals surface area contributed by atoms with Gasteiger partial charge >= 0.3 is 0 Å². The molecule has 4 nitrogen and oxygen atoms in total. The molecule has 4 aromatic carbocycles. The van der Waals surface area contributed by atoms with Gasteiger partial charge in [0.25, 0.3) is 0 Å². The lowest BCUT2D eigenvalue weighted by Crippen LogP contribution is -2.19. The molecular weight excluding hydrogens is 464 g/mol. The highest BCUT2D eigenvalue weighted by atomic mass is 32.2. The number of carbonyl (C=O) groups is 2. The summed E-state index contributed by atoms with van der Waals surface area (Å²) in [6.07, 6.45) is 3.29. The molecule has 0 heterocycles. The molecule has 36 heavy (non-hydrogen) atoms. The maximum absolute atomic E-state index is 13.4. The second-order valence-electron chi connectivity index (χ2n) is 8.47. The summed E-state index contributed by atoms with van der Waals surface area (Å²) >= 11 is 1.47. The van der Waals surface area contributed by atoms with Crippen LogP contribution >= 0.6 is 11.8 Å². The molecule has 0 fully saturated rings. The Morgan fingerprint density at radius 1 is 0.778 bits per heavy atom. The minimum atomic E-state index is -0.429. The Labute approximate surface area is 216 Å². The number of rotatable bonds is 8. The normalized spacial score (nSPS) is 11.7. The molecule has 0 aliphatic carbocycles. The molecule has 5 heteroatoms. The van der Waals surface area contributed by atoms with Gasteiger partial charge in [-0.05, 0) is 66.9 Å². The van der Waals surface area contributed by atoms with E-state index in [-0.39, 0.29) is 11.8 Å². The molecule has 180 valence electrons. The van der Waals surface area contributed by atoms with Crippen molar-refractivity contribution in [2.75, 3.05) is 10.6 Å². The van der Waals surface area contributed by atoms with Crippen LogP contribution in [0.3, 0.4) is 0 Å². The molecule has 0 aromatic heterocycles. The van der Waals surface area contributed by atoms with E-state index in [4.69, 9.17) is 0 Å². The number of nitrogens with one attached hydrogen (secondary N) is 2. The zero-order valence-electron chi connectivity index (χ0n) is 20.3. The van der Waals surface area contributed by atoms with Crippen molar-refractivity contribution in [1.82, 2.24) is 0 Å². The summed E-state index contributed by atoms with van der Waals surface area (Å²) < 4.78 is 0. The minimum Gasteiger partial charge on any atom is -0.325 e. The van der Waals surface area contributed by atoms with E-state index < -0.39 is 5.25 Å². The number of anilines is 2. The van der Waals surface area contributed by atoms with E-state index >= 15 is 0 Å². The molecule has 0 aliphatic heterocycles. The summed E-state index contributed by atoms with van der Waals surface area (Å²) in [6.45, 7) is 4.03. The molecule has 0 spiro atoms. The van der Waals surface area contributed by atoms with Crippen LogP contribution in [0.25, 0.3) is 6.08 Å². The average Bonchev–Trinajstić information content (AvgIpc) is 2.89. The largest absolute Gasteiger partial charge is 0.325 e. The second-order valence-corrected chi connectivity index (χ2v) is 9.65. The highest BCUT2D eigenvalue weighted by molar-refractivity contribution is 8.00. The van der Waals surface area contributed by atoms with Crippen LogP contribution in [0.15, 0.2) is 114 Å². The molecule has 4 rings (SSSR count). The van der Waals surface area contributed by atoms with Crippen molar-refractivity contribution in [3.05, 3.63) is 131 Å². The first-order valence-corrected chi connectivity index (χ1v) is 12.6. The smallest absolute Gasteiger partial charge is 0.248 e. The third kappa shape index (κ3) is 6.96. The quantitative estimate of drug-likeness (QED) is 0.199. The van der Waals surface area contributed by atoms with Gasteiger partial charge in [-0.15, -0.1) is 11.8 Å². The Bertz CT molecular complexity index is 1350. The fourth-order valence-electron chi connectivity index (χ4n) is 3.73. The molecule has 2 N–H and O–H groups in total. The van der Waals surface area contributed by atoms with Crippen molar-refractivity contribution >= 4 is 41.0 Å². The predicted molar refractivity (Wildman–Crippen MR) is 150 cm³/mol. The summed E-state index contributed by atoms with van der Waals surface area (Å²) in [5.41, 5.74) is 5.58. The molecular formula is C31H28N2O2S. The maximum Gasteiger partial charge on any atom is 0.248 e. The van der Waals surface area contributed by atoms with E-state index in [1.165, 1.54) is 17.8 Å². The fourth-order valence-corrected chi connectivity index (χ4v) is 4.75. The summed E-state index contributed by atoms with van der Waals surface area (Å²) in [7, 11) is 0. The van der Waals surface area contributed by atoms with Crippen molar-refractivity contribution in [3.63, 3.8) is 0 Å². The first-order valence-electron chi connectivity index (χ1n) is 11.7. The van der Waals surface area contributed by atoms with Crippen molar-refractivity contribution in [1.29, 1.82) is 0 Å². The van der Waals surface area contributed by atoms with Crippen LogP contribution in [0.4, 0.5) is 11.4 Å². The third-order valence-corrected chi connectivity index (χ3v) is 6.85. The molecule has 4 aromatic rings. The third-order valence-electron chi connectivity index (χ3n) is 5.58. The van der Waals surface area contributed by atoms with Crippen molar-refractivity contribution < 1.29 is 9.59 Å². The van der Waals surface area contributed by atoms with Crippen LogP contribution < -0.4 is 10.6 Å². The zero-order valence-corrected chi connectivity index (χ0v) is 21.1. The predicted octanol–water partition coefficient (Wildman–Crippen LogP) is 7.43. The van der Waals surface area contributed by atoms with Crippen molar-refractivity contribution in [3.8, 4) is 0 Å². The van der Waals surface area contributed by atoms with E-state index in [2.05, 4.69) is 16.7 Å². The van der Waals surface area contributed by atoms with E-state index in [0.29, 0.717) is 5.69 Å². The number of carbonyl (C=O) groups excluding carboxylic acids is 2. The lowest BCUT2D eigenvalue weighted by molar-refractivity contribution is -0.116. The first kappa shape index (κ1) is 25.0. The Morgan fingerprint density at radius 2 is 1.44 bits per heavy atom. The van der Waals surface area contributed by atoms with Gasteiger partial charge in [0.2, 0.25) is 11.8 Å². The van der Waals surface area contributed by atoms with Gasteiger partial charge in [-0.25, -0.2) is 0 Å². The molecule has 1 atom stereocenters. The van der Waals surface area contributed by atoms with Crippen molar-refractivity contribution in [2.45, 2.75) is 24.0 Å². The van der Waals surface area contributed by atoms with Crippen LogP contribution in [0, 0.1) is 13.8 Å². The van der Waals surface area contributed by atoms with Gasteiger partial charge in [-0.1, -0.05) is 78.4 Å². The maximum atomic E-state index is 13.4. The van der Waals surface area contributed by atoms with Gasteiger partial charge in [-0.2, -0.15) is 0 Å². The van der Waals surface area contributed by atoms with Gasteiger partial charge in [0.15, 0.2) is 0 Å². The number of benzene rings is 4. The minimum absolute atomic E-state index is 0.0819. The highest BCUT2D eigenvalue weighted by Gasteiger charge is 2.22. The van der Waals surface area contributed by atoms with Gasteiger partial charge in [-0.3, -0.25) is 9.59 Å². The number of aryl methyl sites for hydroxylation is 2. The molecule has 0 radical (unpaired) electrons. The Kier molecular flexibility index (Phi) is 8.37. The number of amides is 2. The van der Waals surface area contributed by atoms with Crippen LogP contribution in [0.1, 0.15) is 27.5 Å². The molecule has 0 bridgehead atoms. The van der Waals surface area contributed by atoms with Gasteiger partial charge in [0.05, 0.1) is 0 Å². The molecule has 2 amide bonds. The van der Waals surface area contributed by atoms with E-state index in [1.54, 1.807) is 6.08 Å². The monoisotopic (exact) mass is 492 g/mol. The Balaban J connectivity index is 1.45. The van der Waals surface area contributed by atoms with Crippen molar-refractivity contribution in [2.24, 2.45) is 0 Å².